The number of benzene rings is 3. The van der Waals surface area contributed by atoms with E-state index in [1.165, 1.54) is 4.90 Å². The highest BCUT2D eigenvalue weighted by Gasteiger charge is 2.35. The molecule has 192 valence electrons. The van der Waals surface area contributed by atoms with Gasteiger partial charge in [0.05, 0.1) is 21.6 Å². The van der Waals surface area contributed by atoms with E-state index in [9.17, 15) is 9.59 Å². The highest BCUT2D eigenvalue weighted by atomic mass is 127. The zero-order valence-electron chi connectivity index (χ0n) is 21.0. The van der Waals surface area contributed by atoms with E-state index in [1.807, 2.05) is 68.4 Å². The van der Waals surface area contributed by atoms with Crippen molar-refractivity contribution in [3.8, 4) is 17.2 Å². The Morgan fingerprint density at radius 3 is 2.54 bits per heavy atom. The number of rotatable bonds is 10. The van der Waals surface area contributed by atoms with Crippen molar-refractivity contribution in [3.05, 3.63) is 91.4 Å². The lowest BCUT2D eigenvalue weighted by Crippen LogP contribution is -2.32. The van der Waals surface area contributed by atoms with E-state index in [1.54, 1.807) is 6.08 Å². The van der Waals surface area contributed by atoms with E-state index in [0.29, 0.717) is 35.4 Å². The standard InChI is InChI=1S/C29H28INO5S/c1-4-34-25-16-21(15-24(30)27(25)36-18-22-10-6-5-9-20(22)3)17-26-28(32)31(29(33)37-26)12-13-35-23-11-7-8-19(2)14-23/h5-11,14-17H,4,12-13,18H2,1-3H3/b26-17-. The third-order valence-corrected chi connectivity index (χ3v) is 7.42. The molecule has 0 saturated carbocycles. The van der Waals surface area contributed by atoms with Gasteiger partial charge in [0, 0.05) is 0 Å². The molecule has 0 bridgehead atoms. The van der Waals surface area contributed by atoms with Gasteiger partial charge in [-0.25, -0.2) is 0 Å². The van der Waals surface area contributed by atoms with E-state index in [-0.39, 0.29) is 24.3 Å². The van der Waals surface area contributed by atoms with Crippen LogP contribution in [0.4, 0.5) is 4.79 Å². The summed E-state index contributed by atoms with van der Waals surface area (Å²) >= 11 is 3.14. The van der Waals surface area contributed by atoms with Crippen molar-refractivity contribution in [2.24, 2.45) is 0 Å². The lowest BCUT2D eigenvalue weighted by molar-refractivity contribution is -0.123. The number of aryl methyl sites for hydroxylation is 2. The monoisotopic (exact) mass is 629 g/mol. The SMILES string of the molecule is CCOc1cc(/C=C2\SC(=O)N(CCOc3cccc(C)c3)C2=O)cc(I)c1OCc1ccccc1C. The molecule has 3 aromatic carbocycles. The maximum absolute atomic E-state index is 13.0. The molecule has 0 atom stereocenters. The van der Waals surface area contributed by atoms with Gasteiger partial charge >= 0.3 is 0 Å². The van der Waals surface area contributed by atoms with Gasteiger partial charge in [0.15, 0.2) is 11.5 Å². The molecule has 4 rings (SSSR count). The van der Waals surface area contributed by atoms with Gasteiger partial charge in [-0.2, -0.15) is 0 Å². The summed E-state index contributed by atoms with van der Waals surface area (Å²) in [7, 11) is 0. The maximum atomic E-state index is 13.0. The number of hydrogen-bond donors (Lipinski definition) is 0. The van der Waals surface area contributed by atoms with Crippen molar-refractivity contribution < 1.29 is 23.8 Å². The normalized spacial score (nSPS) is 14.4. The number of imide groups is 1. The number of thioether (sulfide) groups is 1. The van der Waals surface area contributed by atoms with Gasteiger partial charge in [0.1, 0.15) is 19.0 Å². The summed E-state index contributed by atoms with van der Waals surface area (Å²) in [5.74, 6) is 1.64. The van der Waals surface area contributed by atoms with Crippen LogP contribution in [0.15, 0.2) is 65.6 Å². The fourth-order valence-corrected chi connectivity index (χ4v) is 5.45. The van der Waals surface area contributed by atoms with E-state index in [0.717, 1.165) is 37.6 Å². The van der Waals surface area contributed by atoms with Gasteiger partial charge in [0.25, 0.3) is 11.1 Å². The number of nitrogens with zero attached hydrogens (tertiary/aromatic N) is 1. The van der Waals surface area contributed by atoms with Gasteiger partial charge in [-0.15, -0.1) is 0 Å². The molecule has 1 fully saturated rings. The predicted molar refractivity (Wildman–Crippen MR) is 155 cm³/mol. The molecule has 0 radical (unpaired) electrons. The Morgan fingerprint density at radius 2 is 1.78 bits per heavy atom. The third kappa shape index (κ3) is 6.87. The largest absolute Gasteiger partial charge is 0.492 e. The summed E-state index contributed by atoms with van der Waals surface area (Å²) in [4.78, 5) is 27.1. The van der Waals surface area contributed by atoms with E-state index in [4.69, 9.17) is 14.2 Å². The molecule has 2 amide bonds. The Kier molecular flexibility index (Phi) is 9.15. The number of hydrogen-bond acceptors (Lipinski definition) is 6. The number of halogens is 1. The van der Waals surface area contributed by atoms with Crippen molar-refractivity contribution >= 4 is 51.6 Å². The predicted octanol–water partition coefficient (Wildman–Crippen LogP) is 7.00. The Hall–Kier alpha value is -2.98. The highest BCUT2D eigenvalue weighted by Crippen LogP contribution is 2.38. The van der Waals surface area contributed by atoms with E-state index in [2.05, 4.69) is 35.6 Å². The summed E-state index contributed by atoms with van der Waals surface area (Å²) in [5, 5.41) is -0.304. The van der Waals surface area contributed by atoms with Crippen molar-refractivity contribution in [2.75, 3.05) is 19.8 Å². The van der Waals surface area contributed by atoms with Crippen LogP contribution >= 0.6 is 34.4 Å². The molecule has 1 aliphatic rings. The summed E-state index contributed by atoms with van der Waals surface area (Å²) in [6.07, 6.45) is 1.72. The van der Waals surface area contributed by atoms with E-state index < -0.39 is 0 Å². The first-order valence-corrected chi connectivity index (χ1v) is 13.8. The van der Waals surface area contributed by atoms with Crippen molar-refractivity contribution in [1.29, 1.82) is 0 Å². The molecule has 1 saturated heterocycles. The molecule has 37 heavy (non-hydrogen) atoms. The molecule has 6 nitrogen and oxygen atoms in total. The van der Waals surface area contributed by atoms with Gasteiger partial charge in [-0.3, -0.25) is 14.5 Å². The van der Waals surface area contributed by atoms with Crippen LogP contribution in [0.1, 0.15) is 29.2 Å². The van der Waals surface area contributed by atoms with Gasteiger partial charge < -0.3 is 14.2 Å². The fourth-order valence-electron chi connectivity index (χ4n) is 3.80. The Balaban J connectivity index is 1.47. The molecule has 1 aliphatic heterocycles. The Morgan fingerprint density at radius 1 is 0.973 bits per heavy atom. The average Bonchev–Trinajstić information content (AvgIpc) is 3.12. The minimum atomic E-state index is -0.323. The van der Waals surface area contributed by atoms with Crippen LogP contribution in [0, 0.1) is 17.4 Å². The number of amides is 2. The lowest BCUT2D eigenvalue weighted by Gasteiger charge is -2.16. The number of ether oxygens (including phenoxy) is 3. The zero-order chi connectivity index (χ0) is 26.4. The molecule has 1 heterocycles. The van der Waals surface area contributed by atoms with Crippen LogP contribution in [0.2, 0.25) is 0 Å². The van der Waals surface area contributed by atoms with Crippen molar-refractivity contribution in [1.82, 2.24) is 4.90 Å². The summed E-state index contributed by atoms with van der Waals surface area (Å²) in [6, 6.07) is 19.5. The maximum Gasteiger partial charge on any atom is 0.293 e. The molecule has 0 N–H and O–H groups in total. The minimum Gasteiger partial charge on any atom is -0.492 e. The quantitative estimate of drug-likeness (QED) is 0.178. The Labute approximate surface area is 235 Å². The molecule has 3 aromatic rings. The van der Waals surface area contributed by atoms with Crippen LogP contribution in [0.5, 0.6) is 17.2 Å². The molecule has 8 heteroatoms. The van der Waals surface area contributed by atoms with Crippen LogP contribution < -0.4 is 14.2 Å². The molecule has 0 aromatic heterocycles. The smallest absolute Gasteiger partial charge is 0.293 e. The van der Waals surface area contributed by atoms with Crippen LogP contribution in [0.25, 0.3) is 6.08 Å². The van der Waals surface area contributed by atoms with Crippen LogP contribution in [-0.4, -0.2) is 35.8 Å². The summed E-state index contributed by atoms with van der Waals surface area (Å²) < 4.78 is 18.6. The van der Waals surface area contributed by atoms with Crippen molar-refractivity contribution in [2.45, 2.75) is 27.4 Å². The second-order valence-electron chi connectivity index (χ2n) is 8.48. The molecule has 0 unspecified atom stereocenters. The van der Waals surface area contributed by atoms with Crippen LogP contribution in [0.3, 0.4) is 0 Å². The number of carbonyl (C=O) groups excluding carboxylic acids is 2. The van der Waals surface area contributed by atoms with Crippen LogP contribution in [-0.2, 0) is 11.4 Å². The van der Waals surface area contributed by atoms with Gasteiger partial charge in [-0.1, -0.05) is 36.4 Å². The van der Waals surface area contributed by atoms with Crippen molar-refractivity contribution in [3.63, 3.8) is 0 Å². The first-order chi connectivity index (χ1) is 17.9. The molecule has 0 spiro atoms. The molecular formula is C29H28INO5S. The summed E-state index contributed by atoms with van der Waals surface area (Å²) in [6.45, 7) is 7.25. The number of carbonyl (C=O) groups is 2. The first-order valence-electron chi connectivity index (χ1n) is 11.9. The van der Waals surface area contributed by atoms with Gasteiger partial charge in [-0.05, 0) is 108 Å². The second kappa shape index (κ2) is 12.5. The topological polar surface area (TPSA) is 65.1 Å². The minimum absolute atomic E-state index is 0.184. The average molecular weight is 630 g/mol. The second-order valence-corrected chi connectivity index (χ2v) is 10.6. The fraction of sp³-hybridized carbons (Fsp3) is 0.241. The summed E-state index contributed by atoms with van der Waals surface area (Å²) in [5.41, 5.74) is 4.11. The zero-order valence-corrected chi connectivity index (χ0v) is 23.9. The third-order valence-electron chi connectivity index (χ3n) is 5.71. The van der Waals surface area contributed by atoms with E-state index >= 15 is 0 Å². The van der Waals surface area contributed by atoms with Gasteiger partial charge in [0.2, 0.25) is 0 Å². The Bertz CT molecular complexity index is 1340. The molecular weight excluding hydrogens is 601 g/mol. The highest BCUT2D eigenvalue weighted by molar-refractivity contribution is 14.1. The lowest BCUT2D eigenvalue weighted by atomic mass is 10.1. The first kappa shape index (κ1) is 27.1. The molecule has 0 aliphatic carbocycles.